The van der Waals surface area contributed by atoms with Crippen LogP contribution in [0.4, 0.5) is 8.78 Å². The summed E-state index contributed by atoms with van der Waals surface area (Å²) in [6.07, 6.45) is 1.62. The van der Waals surface area contributed by atoms with Crippen molar-refractivity contribution in [1.29, 1.82) is 0 Å². The molecule has 1 N–H and O–H groups in total. The maximum atomic E-state index is 12.2. The number of alkyl halides is 2. The van der Waals surface area contributed by atoms with Crippen LogP contribution in [0.2, 0.25) is 0 Å². The van der Waals surface area contributed by atoms with E-state index in [1.54, 1.807) is 18.4 Å². The van der Waals surface area contributed by atoms with Gasteiger partial charge in [-0.1, -0.05) is 12.1 Å². The van der Waals surface area contributed by atoms with Gasteiger partial charge in [0.25, 0.3) is 0 Å². The van der Waals surface area contributed by atoms with Gasteiger partial charge in [0.2, 0.25) is 0 Å². The summed E-state index contributed by atoms with van der Waals surface area (Å²) in [6.45, 7) is 1.13. The van der Waals surface area contributed by atoms with Gasteiger partial charge in [0.15, 0.2) is 0 Å². The highest BCUT2D eigenvalue weighted by Gasteiger charge is 2.14. The van der Waals surface area contributed by atoms with Crippen LogP contribution in [0.5, 0.6) is 5.75 Å². The van der Waals surface area contributed by atoms with Crippen LogP contribution in [-0.2, 0) is 0 Å². The summed E-state index contributed by atoms with van der Waals surface area (Å²) in [5.74, 6) is 0.994. The quantitative estimate of drug-likeness (QED) is 0.857. The standard InChI is InChI=1S/C15H17F2NO2/c1-10(18-11(2)14-7-4-8-19-14)12-5-3-6-13(9-12)20-15(16)17/h3-11,15,18H,1-2H3/t10?,11-/m0/s1. The number of furan rings is 1. The number of hydrogen-bond donors (Lipinski definition) is 1. The molecule has 0 amide bonds. The maximum absolute atomic E-state index is 12.2. The largest absolute Gasteiger partial charge is 0.468 e. The molecule has 3 nitrogen and oxygen atoms in total. The SMILES string of the molecule is CC(N[C@@H](C)c1ccco1)c1cccc(OC(F)F)c1. The highest BCUT2D eigenvalue weighted by molar-refractivity contribution is 5.30. The Hall–Kier alpha value is -1.88. The monoisotopic (exact) mass is 281 g/mol. The first-order valence-electron chi connectivity index (χ1n) is 6.40. The molecule has 1 unspecified atom stereocenters. The molecule has 0 aliphatic heterocycles. The Bertz CT molecular complexity index is 528. The van der Waals surface area contributed by atoms with Gasteiger partial charge in [-0.15, -0.1) is 0 Å². The summed E-state index contributed by atoms with van der Waals surface area (Å²) >= 11 is 0. The lowest BCUT2D eigenvalue weighted by Crippen LogP contribution is -2.22. The second kappa shape index (κ2) is 6.52. The number of ether oxygens (including phenoxy) is 1. The molecule has 0 saturated heterocycles. The molecule has 1 aromatic heterocycles. The van der Waals surface area contributed by atoms with Crippen molar-refractivity contribution in [3.05, 3.63) is 54.0 Å². The summed E-state index contributed by atoms with van der Waals surface area (Å²) in [4.78, 5) is 0. The minimum Gasteiger partial charge on any atom is -0.468 e. The predicted molar refractivity (Wildman–Crippen MR) is 71.7 cm³/mol. The average Bonchev–Trinajstić information content (AvgIpc) is 2.92. The van der Waals surface area contributed by atoms with Gasteiger partial charge in [0.05, 0.1) is 12.3 Å². The van der Waals surface area contributed by atoms with E-state index in [4.69, 9.17) is 4.42 Å². The molecule has 20 heavy (non-hydrogen) atoms. The number of hydrogen-bond acceptors (Lipinski definition) is 3. The fourth-order valence-corrected chi connectivity index (χ4v) is 2.05. The zero-order valence-corrected chi connectivity index (χ0v) is 11.3. The zero-order valence-electron chi connectivity index (χ0n) is 11.3. The van der Waals surface area contributed by atoms with Gasteiger partial charge in [0, 0.05) is 6.04 Å². The second-order valence-corrected chi connectivity index (χ2v) is 4.58. The Balaban J connectivity index is 2.03. The predicted octanol–water partition coefficient (Wildman–Crippen LogP) is 4.29. The van der Waals surface area contributed by atoms with Crippen molar-refractivity contribution < 1.29 is 17.9 Å². The third-order valence-corrected chi connectivity index (χ3v) is 3.05. The molecular weight excluding hydrogens is 264 g/mol. The highest BCUT2D eigenvalue weighted by atomic mass is 19.3. The minimum atomic E-state index is -2.81. The smallest absolute Gasteiger partial charge is 0.387 e. The van der Waals surface area contributed by atoms with E-state index in [1.165, 1.54) is 6.07 Å². The molecule has 0 aliphatic carbocycles. The average molecular weight is 281 g/mol. The van der Waals surface area contributed by atoms with E-state index < -0.39 is 6.61 Å². The lowest BCUT2D eigenvalue weighted by Gasteiger charge is -2.19. The molecule has 0 spiro atoms. The zero-order chi connectivity index (χ0) is 14.5. The molecule has 2 rings (SSSR count). The van der Waals surface area contributed by atoms with Crippen molar-refractivity contribution in [2.75, 3.05) is 0 Å². The first kappa shape index (κ1) is 14.5. The van der Waals surface area contributed by atoms with Crippen molar-refractivity contribution in [2.45, 2.75) is 32.5 Å². The summed E-state index contributed by atoms with van der Waals surface area (Å²) in [5, 5.41) is 3.34. The van der Waals surface area contributed by atoms with Crippen molar-refractivity contribution in [2.24, 2.45) is 0 Å². The molecule has 2 aromatic rings. The van der Waals surface area contributed by atoms with E-state index in [-0.39, 0.29) is 17.8 Å². The Kier molecular flexibility index (Phi) is 4.74. The van der Waals surface area contributed by atoms with Crippen molar-refractivity contribution in [1.82, 2.24) is 5.32 Å². The van der Waals surface area contributed by atoms with Gasteiger partial charge in [-0.05, 0) is 43.7 Å². The van der Waals surface area contributed by atoms with Crippen LogP contribution in [0.3, 0.4) is 0 Å². The fraction of sp³-hybridized carbons (Fsp3) is 0.333. The van der Waals surface area contributed by atoms with Gasteiger partial charge >= 0.3 is 6.61 Å². The Labute approximate surface area is 116 Å². The van der Waals surface area contributed by atoms with Crippen LogP contribution in [0.15, 0.2) is 47.1 Å². The summed E-state index contributed by atoms with van der Waals surface area (Å²) in [6, 6.07) is 10.4. The summed E-state index contributed by atoms with van der Waals surface area (Å²) < 4.78 is 34.1. The van der Waals surface area contributed by atoms with Crippen molar-refractivity contribution in [3.8, 4) is 5.75 Å². The lowest BCUT2D eigenvalue weighted by atomic mass is 10.1. The van der Waals surface area contributed by atoms with E-state index in [0.29, 0.717) is 0 Å². The first-order valence-corrected chi connectivity index (χ1v) is 6.40. The van der Waals surface area contributed by atoms with Gasteiger partial charge in [-0.2, -0.15) is 8.78 Å². The third kappa shape index (κ3) is 3.81. The molecule has 2 atom stereocenters. The van der Waals surface area contributed by atoms with E-state index in [2.05, 4.69) is 10.1 Å². The maximum Gasteiger partial charge on any atom is 0.387 e. The molecular formula is C15H17F2NO2. The Morgan fingerprint density at radius 1 is 1.10 bits per heavy atom. The van der Waals surface area contributed by atoms with Gasteiger partial charge in [-0.25, -0.2) is 0 Å². The first-order chi connectivity index (χ1) is 9.56. The minimum absolute atomic E-state index is 0.0173. The molecule has 1 heterocycles. The van der Waals surface area contributed by atoms with Crippen molar-refractivity contribution >= 4 is 0 Å². The molecule has 0 bridgehead atoms. The van der Waals surface area contributed by atoms with E-state index in [1.807, 2.05) is 32.0 Å². The molecule has 1 aromatic carbocycles. The molecule has 108 valence electrons. The summed E-state index contributed by atoms with van der Waals surface area (Å²) in [5.41, 5.74) is 0.876. The van der Waals surface area contributed by atoms with Crippen LogP contribution in [0.1, 0.15) is 37.3 Å². The van der Waals surface area contributed by atoms with Gasteiger partial charge < -0.3 is 14.5 Å². The van der Waals surface area contributed by atoms with E-state index in [9.17, 15) is 8.78 Å². The number of halogens is 2. The number of rotatable bonds is 6. The Morgan fingerprint density at radius 3 is 2.55 bits per heavy atom. The molecule has 5 heteroatoms. The van der Waals surface area contributed by atoms with E-state index in [0.717, 1.165) is 11.3 Å². The fourth-order valence-electron chi connectivity index (χ4n) is 2.05. The molecule has 0 aliphatic rings. The van der Waals surface area contributed by atoms with Gasteiger partial charge in [-0.3, -0.25) is 0 Å². The van der Waals surface area contributed by atoms with Crippen LogP contribution < -0.4 is 10.1 Å². The summed E-state index contributed by atoms with van der Waals surface area (Å²) in [7, 11) is 0. The normalized spacial score (nSPS) is 14.2. The topological polar surface area (TPSA) is 34.4 Å². The van der Waals surface area contributed by atoms with Gasteiger partial charge in [0.1, 0.15) is 11.5 Å². The molecule has 0 fully saturated rings. The molecule has 0 radical (unpaired) electrons. The van der Waals surface area contributed by atoms with Crippen LogP contribution in [0.25, 0.3) is 0 Å². The van der Waals surface area contributed by atoms with Crippen LogP contribution >= 0.6 is 0 Å². The third-order valence-electron chi connectivity index (χ3n) is 3.05. The second-order valence-electron chi connectivity index (χ2n) is 4.58. The molecule has 0 saturated carbocycles. The number of benzene rings is 1. The highest BCUT2D eigenvalue weighted by Crippen LogP contribution is 2.23. The van der Waals surface area contributed by atoms with Crippen molar-refractivity contribution in [3.63, 3.8) is 0 Å². The Morgan fingerprint density at radius 2 is 1.90 bits per heavy atom. The number of nitrogens with one attached hydrogen (secondary N) is 1. The van der Waals surface area contributed by atoms with E-state index >= 15 is 0 Å². The van der Waals surface area contributed by atoms with Crippen LogP contribution in [0, 0.1) is 0 Å². The van der Waals surface area contributed by atoms with Crippen LogP contribution in [-0.4, -0.2) is 6.61 Å². The lowest BCUT2D eigenvalue weighted by molar-refractivity contribution is -0.0499.